The molecule has 4 amide bonds. The molecule has 2 aliphatic heterocycles. The molecule has 0 saturated carbocycles. The number of hydrogen-bond donors (Lipinski definition) is 4. The van der Waals surface area contributed by atoms with E-state index in [0.29, 0.717) is 38.9 Å². The van der Waals surface area contributed by atoms with Gasteiger partial charge in [0.25, 0.3) is 11.8 Å². The third-order valence-corrected chi connectivity index (χ3v) is 5.86. The molecule has 2 fully saturated rings. The quantitative estimate of drug-likeness (QED) is 0.314. The predicted octanol–water partition coefficient (Wildman–Crippen LogP) is -0.0951. The van der Waals surface area contributed by atoms with Gasteiger partial charge < -0.3 is 40.2 Å². The van der Waals surface area contributed by atoms with Crippen LogP contribution in [0, 0.1) is 0 Å². The smallest absolute Gasteiger partial charge is 0.407 e. The summed E-state index contributed by atoms with van der Waals surface area (Å²) in [6, 6.07) is -3.11. The van der Waals surface area contributed by atoms with Gasteiger partial charge in [-0.2, -0.15) is 0 Å². The minimum Gasteiger partial charge on any atom is -0.467 e. The minimum atomic E-state index is -1.00. The summed E-state index contributed by atoms with van der Waals surface area (Å²) in [6.07, 6.45) is -0.391. The summed E-state index contributed by atoms with van der Waals surface area (Å²) < 4.78 is 21.1. The van der Waals surface area contributed by atoms with E-state index in [1.165, 1.54) is 21.0 Å². The molecule has 0 spiro atoms. The van der Waals surface area contributed by atoms with E-state index in [4.69, 9.17) is 14.2 Å². The first kappa shape index (κ1) is 30.3. The lowest BCUT2D eigenvalue weighted by molar-refractivity contribution is -0.148. The van der Waals surface area contributed by atoms with Crippen LogP contribution in [0.25, 0.3) is 0 Å². The van der Waals surface area contributed by atoms with Gasteiger partial charge in [-0.3, -0.25) is 14.4 Å². The van der Waals surface area contributed by atoms with Crippen LogP contribution in [0.15, 0.2) is 0 Å². The van der Waals surface area contributed by atoms with Gasteiger partial charge in [0, 0.05) is 13.2 Å². The van der Waals surface area contributed by atoms with Gasteiger partial charge in [-0.15, -0.1) is 0 Å². The van der Waals surface area contributed by atoms with Crippen molar-refractivity contribution in [1.29, 1.82) is 0 Å². The molecule has 0 unspecified atom stereocenters. The first-order valence-corrected chi connectivity index (χ1v) is 12.5. The van der Waals surface area contributed by atoms with Crippen LogP contribution in [-0.2, 0) is 38.1 Å². The molecular weight excluding hydrogens is 488 g/mol. The van der Waals surface area contributed by atoms with Crippen LogP contribution in [0.2, 0.25) is 0 Å². The molecule has 210 valence electrons. The van der Waals surface area contributed by atoms with Crippen LogP contribution in [-0.4, -0.2) is 92.1 Å². The molecule has 13 nitrogen and oxygen atoms in total. The van der Waals surface area contributed by atoms with Crippen molar-refractivity contribution in [2.24, 2.45) is 0 Å². The highest BCUT2D eigenvalue weighted by Gasteiger charge is 2.38. The summed E-state index contributed by atoms with van der Waals surface area (Å²) in [6.45, 7) is 8.86. The van der Waals surface area contributed by atoms with Crippen LogP contribution in [0.4, 0.5) is 4.79 Å². The molecule has 2 aliphatic rings. The maximum atomic E-state index is 12.9. The normalized spacial score (nSPS) is 25.6. The van der Waals surface area contributed by atoms with Gasteiger partial charge in [-0.25, -0.2) is 9.59 Å². The fourth-order valence-corrected chi connectivity index (χ4v) is 4.03. The van der Waals surface area contributed by atoms with E-state index in [9.17, 15) is 24.0 Å². The zero-order valence-corrected chi connectivity index (χ0v) is 22.4. The second-order valence-electron chi connectivity index (χ2n) is 10.2. The van der Waals surface area contributed by atoms with Gasteiger partial charge in [0.15, 0.2) is 12.2 Å². The van der Waals surface area contributed by atoms with E-state index in [1.807, 2.05) is 0 Å². The maximum absolute atomic E-state index is 12.9. The lowest BCUT2D eigenvalue weighted by atomic mass is 10.0. The zero-order valence-electron chi connectivity index (χ0n) is 22.4. The van der Waals surface area contributed by atoms with Gasteiger partial charge in [0.05, 0.1) is 19.2 Å². The lowest BCUT2D eigenvalue weighted by Crippen LogP contribution is -2.60. The molecular formula is C24H40N4O9. The van der Waals surface area contributed by atoms with Crippen molar-refractivity contribution in [2.75, 3.05) is 20.3 Å². The van der Waals surface area contributed by atoms with Gasteiger partial charge in [0.1, 0.15) is 17.7 Å². The van der Waals surface area contributed by atoms with Gasteiger partial charge in [-0.1, -0.05) is 0 Å². The summed E-state index contributed by atoms with van der Waals surface area (Å²) in [4.78, 5) is 62.3. The fourth-order valence-electron chi connectivity index (χ4n) is 4.03. The van der Waals surface area contributed by atoms with Crippen molar-refractivity contribution < 1.29 is 42.9 Å². The average Bonchev–Trinajstić information content (AvgIpc) is 2.82. The number of amides is 4. The number of carbonyl (C=O) groups excluding carboxylic acids is 5. The molecule has 6 atom stereocenters. The summed E-state index contributed by atoms with van der Waals surface area (Å²) in [5.41, 5.74) is -0.696. The monoisotopic (exact) mass is 528 g/mol. The standard InChI is InChI=1S/C24H40N4O9/c1-13(25-20(30)18-16(10-8-12-36-18)28-23(33)37-24(3,4)5)19(29)27-15-9-7-11-35-17(15)21(31)26-14(2)22(32)34-6/h13-18H,7-12H2,1-6H3,(H,25,30)(H,26,31)(H,27,29)(H,28,33)/t13-,14-,15+,16+,17+,18+/m1/s1. The Morgan fingerprint density at radius 1 is 0.811 bits per heavy atom. The molecule has 4 N–H and O–H groups in total. The van der Waals surface area contributed by atoms with Crippen LogP contribution in [0.1, 0.15) is 60.3 Å². The minimum absolute atomic E-state index is 0.328. The first-order chi connectivity index (χ1) is 17.3. The van der Waals surface area contributed by atoms with Crippen LogP contribution >= 0.6 is 0 Å². The maximum Gasteiger partial charge on any atom is 0.407 e. The second-order valence-corrected chi connectivity index (χ2v) is 10.2. The summed E-state index contributed by atoms with van der Waals surface area (Å²) >= 11 is 0. The topological polar surface area (TPSA) is 170 Å². The number of methoxy groups -OCH3 is 1. The Balaban J connectivity index is 1.95. The van der Waals surface area contributed by atoms with Crippen molar-refractivity contribution in [3.63, 3.8) is 0 Å². The molecule has 0 aromatic heterocycles. The van der Waals surface area contributed by atoms with E-state index in [-0.39, 0.29) is 0 Å². The Kier molecular flexibility index (Phi) is 11.1. The largest absolute Gasteiger partial charge is 0.467 e. The van der Waals surface area contributed by atoms with E-state index in [2.05, 4.69) is 26.0 Å². The fraction of sp³-hybridized carbons (Fsp3) is 0.792. The Bertz CT molecular complexity index is 845. The SMILES string of the molecule is COC(=O)[C@@H](C)NC(=O)[C@H]1OCCC[C@@H]1NC(=O)[C@@H](C)NC(=O)[C@H]1OCCC[C@@H]1NC(=O)OC(C)(C)C. The zero-order chi connectivity index (χ0) is 27.8. The Labute approximate surface area is 217 Å². The highest BCUT2D eigenvalue weighted by atomic mass is 16.6. The van der Waals surface area contributed by atoms with Gasteiger partial charge in [-0.05, 0) is 60.3 Å². The van der Waals surface area contributed by atoms with Crippen molar-refractivity contribution in [1.82, 2.24) is 21.3 Å². The van der Waals surface area contributed by atoms with E-state index in [1.54, 1.807) is 20.8 Å². The number of carbonyl (C=O) groups is 5. The molecule has 0 bridgehead atoms. The molecule has 0 aliphatic carbocycles. The number of esters is 1. The van der Waals surface area contributed by atoms with Gasteiger partial charge in [0.2, 0.25) is 5.91 Å². The molecule has 2 rings (SSSR count). The molecule has 37 heavy (non-hydrogen) atoms. The molecule has 2 saturated heterocycles. The van der Waals surface area contributed by atoms with Gasteiger partial charge >= 0.3 is 12.1 Å². The van der Waals surface area contributed by atoms with Crippen molar-refractivity contribution in [3.8, 4) is 0 Å². The third kappa shape index (κ3) is 9.47. The van der Waals surface area contributed by atoms with E-state index >= 15 is 0 Å². The van der Waals surface area contributed by atoms with Crippen molar-refractivity contribution >= 4 is 29.8 Å². The first-order valence-electron chi connectivity index (χ1n) is 12.5. The number of alkyl carbamates (subject to hydrolysis) is 1. The summed E-state index contributed by atoms with van der Waals surface area (Å²) in [7, 11) is 1.22. The Morgan fingerprint density at radius 3 is 1.78 bits per heavy atom. The predicted molar refractivity (Wildman–Crippen MR) is 130 cm³/mol. The number of ether oxygens (including phenoxy) is 4. The van der Waals surface area contributed by atoms with Crippen molar-refractivity contribution in [2.45, 2.75) is 102 Å². The van der Waals surface area contributed by atoms with Crippen LogP contribution in [0.3, 0.4) is 0 Å². The number of hydrogen-bond acceptors (Lipinski definition) is 9. The highest BCUT2D eigenvalue weighted by Crippen LogP contribution is 2.17. The number of rotatable bonds is 8. The van der Waals surface area contributed by atoms with E-state index < -0.39 is 71.8 Å². The van der Waals surface area contributed by atoms with Crippen LogP contribution < -0.4 is 21.3 Å². The van der Waals surface area contributed by atoms with E-state index in [0.717, 1.165) is 0 Å². The Morgan fingerprint density at radius 2 is 1.30 bits per heavy atom. The second kappa shape index (κ2) is 13.6. The highest BCUT2D eigenvalue weighted by molar-refractivity contribution is 5.91. The molecule has 0 radical (unpaired) electrons. The summed E-state index contributed by atoms with van der Waals surface area (Å²) in [5.74, 6) is -2.23. The average molecular weight is 529 g/mol. The molecule has 13 heteroatoms. The lowest BCUT2D eigenvalue weighted by Gasteiger charge is -2.34. The van der Waals surface area contributed by atoms with Crippen LogP contribution in [0.5, 0.6) is 0 Å². The molecule has 0 aromatic carbocycles. The molecule has 0 aromatic rings. The third-order valence-electron chi connectivity index (χ3n) is 5.86. The van der Waals surface area contributed by atoms with Crippen molar-refractivity contribution in [3.05, 3.63) is 0 Å². The Hall–Kier alpha value is -2.93. The number of nitrogens with one attached hydrogen (secondary N) is 4. The molecule has 2 heterocycles. The summed E-state index contributed by atoms with van der Waals surface area (Å²) in [5, 5.41) is 10.6.